The molecule has 0 bridgehead atoms. The van der Waals surface area contributed by atoms with E-state index in [9.17, 15) is 9.59 Å². The van der Waals surface area contributed by atoms with Crippen LogP contribution < -0.4 is 15.5 Å². The lowest BCUT2D eigenvalue weighted by Crippen LogP contribution is -2.40. The van der Waals surface area contributed by atoms with Crippen LogP contribution in [-0.4, -0.2) is 11.8 Å². The van der Waals surface area contributed by atoms with Crippen LogP contribution in [0, 0.1) is 6.92 Å². The van der Waals surface area contributed by atoms with E-state index in [1.807, 2.05) is 60.8 Å². The Balaban J connectivity index is 1.67. The van der Waals surface area contributed by atoms with Gasteiger partial charge >= 0.3 is 6.03 Å². The second-order valence-corrected chi connectivity index (χ2v) is 9.40. The minimum absolute atomic E-state index is 0.0797. The molecule has 1 atom stereocenters. The number of rotatable bonds is 2. The molecule has 0 spiro atoms. The van der Waals surface area contributed by atoms with Crippen LogP contribution in [0.4, 0.5) is 21.9 Å². The average molecular weight is 464 g/mol. The number of benzene rings is 2. The zero-order valence-corrected chi connectivity index (χ0v) is 19.1. The van der Waals surface area contributed by atoms with Crippen LogP contribution in [0.5, 0.6) is 0 Å². The summed E-state index contributed by atoms with van der Waals surface area (Å²) in [6.07, 6.45) is 2.06. The molecule has 2 heterocycles. The van der Waals surface area contributed by atoms with Gasteiger partial charge in [-0.2, -0.15) is 0 Å². The summed E-state index contributed by atoms with van der Waals surface area (Å²) >= 11 is 7.95. The van der Waals surface area contributed by atoms with Crippen LogP contribution in [0.2, 0.25) is 5.02 Å². The fourth-order valence-corrected chi connectivity index (χ4v) is 5.48. The summed E-state index contributed by atoms with van der Waals surface area (Å²) in [5.74, 6) is 0.0797. The molecule has 0 saturated heterocycles. The standard InChI is InChI=1S/C25H22ClN3O2S/c1-15-11-12-17(16(26)14-15)28-25(31)29-20-8-3-2-6-18(20)27-19-7-4-9-21(30)23(19)24(29)22-10-5-13-32-22/h2-3,5-6,8,10-14,24,27H,4,7,9H2,1H3,(H,28,31)/t24-/m0/s1. The van der Waals surface area contributed by atoms with Gasteiger partial charge in [0.05, 0.1) is 22.1 Å². The summed E-state index contributed by atoms with van der Waals surface area (Å²) in [4.78, 5) is 29.6. The Hall–Kier alpha value is -3.09. The predicted molar refractivity (Wildman–Crippen MR) is 131 cm³/mol. The molecule has 2 N–H and O–H groups in total. The molecular weight excluding hydrogens is 442 g/mol. The molecule has 162 valence electrons. The van der Waals surface area contributed by atoms with E-state index in [1.165, 1.54) is 0 Å². The molecule has 0 radical (unpaired) electrons. The Kier molecular flexibility index (Phi) is 5.49. The molecule has 5 rings (SSSR count). The monoisotopic (exact) mass is 463 g/mol. The van der Waals surface area contributed by atoms with Crippen molar-refractivity contribution in [3.8, 4) is 0 Å². The van der Waals surface area contributed by atoms with Gasteiger partial charge in [-0.15, -0.1) is 11.3 Å². The number of nitrogens with zero attached hydrogens (tertiary/aromatic N) is 1. The van der Waals surface area contributed by atoms with Crippen molar-refractivity contribution in [2.45, 2.75) is 32.2 Å². The van der Waals surface area contributed by atoms with Gasteiger partial charge in [0.2, 0.25) is 0 Å². The van der Waals surface area contributed by atoms with E-state index in [2.05, 4.69) is 10.6 Å². The summed E-state index contributed by atoms with van der Waals surface area (Å²) < 4.78 is 0. The predicted octanol–water partition coefficient (Wildman–Crippen LogP) is 6.92. The van der Waals surface area contributed by atoms with Crippen molar-refractivity contribution in [3.63, 3.8) is 0 Å². The molecule has 0 unspecified atom stereocenters. The third-order valence-corrected chi connectivity index (χ3v) is 7.07. The van der Waals surface area contributed by atoms with Crippen molar-refractivity contribution in [3.05, 3.63) is 86.7 Å². The van der Waals surface area contributed by atoms with E-state index in [4.69, 9.17) is 11.6 Å². The number of carbonyl (C=O) groups excluding carboxylic acids is 2. The topological polar surface area (TPSA) is 61.4 Å². The Bertz CT molecular complexity index is 1240. The fraction of sp³-hybridized carbons (Fsp3) is 0.200. The van der Waals surface area contributed by atoms with E-state index < -0.39 is 6.04 Å². The Labute approximate surface area is 195 Å². The van der Waals surface area contributed by atoms with Crippen LogP contribution in [0.3, 0.4) is 0 Å². The molecule has 3 aromatic rings. The number of Topliss-reactive ketones (excluding diaryl/α,β-unsaturated/α-hetero) is 1. The SMILES string of the molecule is Cc1ccc(NC(=O)N2c3ccccc3NC3=C(C(=O)CCC3)[C@@H]2c2cccs2)c(Cl)c1. The number of aryl methyl sites for hydroxylation is 1. The molecule has 1 aliphatic heterocycles. The van der Waals surface area contributed by atoms with Gasteiger partial charge in [-0.05, 0) is 61.0 Å². The van der Waals surface area contributed by atoms with Crippen molar-refractivity contribution in [2.24, 2.45) is 0 Å². The number of hydrogen-bond acceptors (Lipinski definition) is 4. The summed E-state index contributed by atoms with van der Waals surface area (Å²) in [6.45, 7) is 1.95. The molecule has 5 nitrogen and oxygen atoms in total. The molecule has 1 aliphatic carbocycles. The lowest BCUT2D eigenvalue weighted by molar-refractivity contribution is -0.116. The number of ketones is 1. The second-order valence-electron chi connectivity index (χ2n) is 8.01. The molecule has 2 aliphatic rings. The van der Waals surface area contributed by atoms with Gasteiger partial charge in [-0.1, -0.05) is 35.9 Å². The molecule has 32 heavy (non-hydrogen) atoms. The van der Waals surface area contributed by atoms with Crippen molar-refractivity contribution in [1.82, 2.24) is 0 Å². The van der Waals surface area contributed by atoms with Crippen LogP contribution in [0.1, 0.15) is 35.7 Å². The van der Waals surface area contributed by atoms with Crippen LogP contribution in [0.15, 0.2) is 71.2 Å². The van der Waals surface area contributed by atoms with Crippen molar-refractivity contribution in [1.29, 1.82) is 0 Å². The van der Waals surface area contributed by atoms with E-state index in [0.717, 1.165) is 34.7 Å². The molecule has 7 heteroatoms. The van der Waals surface area contributed by atoms with E-state index in [1.54, 1.807) is 22.3 Å². The van der Waals surface area contributed by atoms with E-state index >= 15 is 0 Å². The molecule has 0 fully saturated rings. The Morgan fingerprint density at radius 1 is 1.16 bits per heavy atom. The van der Waals surface area contributed by atoms with Gasteiger partial charge in [0.1, 0.15) is 6.04 Å². The average Bonchev–Trinajstić information content (AvgIpc) is 3.25. The zero-order chi connectivity index (χ0) is 22.2. The van der Waals surface area contributed by atoms with Crippen molar-refractivity contribution >= 4 is 51.8 Å². The van der Waals surface area contributed by atoms with Gasteiger partial charge in [-0.3, -0.25) is 9.69 Å². The van der Waals surface area contributed by atoms with Gasteiger partial charge in [-0.25, -0.2) is 4.79 Å². The van der Waals surface area contributed by atoms with Crippen LogP contribution in [0.25, 0.3) is 0 Å². The van der Waals surface area contributed by atoms with Gasteiger partial charge in [0, 0.05) is 22.6 Å². The molecule has 2 amide bonds. The number of anilines is 3. The maximum absolute atomic E-state index is 13.8. The third kappa shape index (κ3) is 3.70. The maximum atomic E-state index is 13.8. The second kappa shape index (κ2) is 8.45. The number of carbonyl (C=O) groups is 2. The fourth-order valence-electron chi connectivity index (χ4n) is 4.37. The number of allylic oxidation sites excluding steroid dienone is 1. The van der Waals surface area contributed by atoms with E-state index in [0.29, 0.717) is 28.4 Å². The third-order valence-electron chi connectivity index (χ3n) is 5.83. The normalized spacial score (nSPS) is 17.9. The van der Waals surface area contributed by atoms with Crippen molar-refractivity contribution in [2.75, 3.05) is 15.5 Å². The lowest BCUT2D eigenvalue weighted by atomic mass is 9.88. The number of nitrogens with one attached hydrogen (secondary N) is 2. The molecular formula is C25H22ClN3O2S. The highest BCUT2D eigenvalue weighted by Crippen LogP contribution is 2.46. The first-order chi connectivity index (χ1) is 15.5. The number of amides is 2. The quantitative estimate of drug-likeness (QED) is 0.433. The Morgan fingerprint density at radius 3 is 2.78 bits per heavy atom. The van der Waals surface area contributed by atoms with Gasteiger partial charge in [0.25, 0.3) is 0 Å². The van der Waals surface area contributed by atoms with Gasteiger partial charge in [0.15, 0.2) is 5.78 Å². The summed E-state index contributed by atoms with van der Waals surface area (Å²) in [7, 11) is 0. The number of fused-ring (bicyclic) bond motifs is 1. The first kappa shape index (κ1) is 20.8. The minimum Gasteiger partial charge on any atom is -0.357 e. The largest absolute Gasteiger partial charge is 0.357 e. The lowest BCUT2D eigenvalue weighted by Gasteiger charge is -2.33. The highest BCUT2D eigenvalue weighted by molar-refractivity contribution is 7.10. The number of halogens is 1. The summed E-state index contributed by atoms with van der Waals surface area (Å²) in [5.41, 5.74) is 4.63. The smallest absolute Gasteiger partial charge is 0.327 e. The number of urea groups is 1. The first-order valence-electron chi connectivity index (χ1n) is 10.5. The molecule has 0 saturated carbocycles. The minimum atomic E-state index is -0.516. The summed E-state index contributed by atoms with van der Waals surface area (Å²) in [6, 6.07) is 16.3. The zero-order valence-electron chi connectivity index (χ0n) is 17.5. The maximum Gasteiger partial charge on any atom is 0.327 e. The highest BCUT2D eigenvalue weighted by atomic mass is 35.5. The first-order valence-corrected chi connectivity index (χ1v) is 11.8. The van der Waals surface area contributed by atoms with Crippen LogP contribution >= 0.6 is 22.9 Å². The van der Waals surface area contributed by atoms with Crippen molar-refractivity contribution < 1.29 is 9.59 Å². The van der Waals surface area contributed by atoms with Gasteiger partial charge < -0.3 is 10.6 Å². The Morgan fingerprint density at radius 2 is 2.00 bits per heavy atom. The van der Waals surface area contributed by atoms with Crippen LogP contribution in [-0.2, 0) is 4.79 Å². The summed E-state index contributed by atoms with van der Waals surface area (Å²) in [5, 5.41) is 8.89. The molecule has 2 aromatic carbocycles. The highest BCUT2D eigenvalue weighted by Gasteiger charge is 2.40. The number of para-hydroxylation sites is 2. The van der Waals surface area contributed by atoms with E-state index in [-0.39, 0.29) is 11.8 Å². The number of thiophene rings is 1. The number of hydrogen-bond donors (Lipinski definition) is 2. The molecule has 1 aromatic heterocycles.